The van der Waals surface area contributed by atoms with E-state index in [1.807, 2.05) is 0 Å². The standard InChI is InChI=1S/C12H28OSi/c1-7-14(8-2,9-3)13-11-10-12(4,5)6/h7-11H2,1-6H3. The van der Waals surface area contributed by atoms with Crippen LogP contribution in [0, 0.1) is 5.41 Å². The number of hydrogen-bond donors (Lipinski definition) is 0. The monoisotopic (exact) mass is 216 g/mol. The summed E-state index contributed by atoms with van der Waals surface area (Å²) in [7, 11) is -1.32. The van der Waals surface area contributed by atoms with Crippen LogP contribution in [0.5, 0.6) is 0 Å². The molecule has 86 valence electrons. The Bertz CT molecular complexity index is 137. The zero-order valence-electron chi connectivity index (χ0n) is 10.9. The molecule has 0 radical (unpaired) electrons. The van der Waals surface area contributed by atoms with Crippen LogP contribution in [0.15, 0.2) is 0 Å². The first-order chi connectivity index (χ1) is 6.39. The third-order valence-corrected chi connectivity index (χ3v) is 7.88. The fraction of sp³-hybridized carbons (Fsp3) is 1.00. The predicted octanol–water partition coefficient (Wildman–Crippen LogP) is 4.44. The minimum atomic E-state index is -1.32. The van der Waals surface area contributed by atoms with E-state index in [0.717, 1.165) is 6.61 Å². The van der Waals surface area contributed by atoms with Crippen molar-refractivity contribution in [1.82, 2.24) is 0 Å². The molecule has 0 bridgehead atoms. The van der Waals surface area contributed by atoms with Gasteiger partial charge in [0.05, 0.1) is 0 Å². The molecule has 0 aliphatic heterocycles. The third-order valence-electron chi connectivity index (χ3n) is 3.19. The zero-order valence-corrected chi connectivity index (χ0v) is 11.9. The van der Waals surface area contributed by atoms with Crippen molar-refractivity contribution in [2.24, 2.45) is 5.41 Å². The Morgan fingerprint density at radius 3 is 1.64 bits per heavy atom. The summed E-state index contributed by atoms with van der Waals surface area (Å²) in [5, 5.41) is 0. The Hall–Kier alpha value is 0.177. The van der Waals surface area contributed by atoms with E-state index >= 15 is 0 Å². The van der Waals surface area contributed by atoms with E-state index in [2.05, 4.69) is 41.5 Å². The van der Waals surface area contributed by atoms with Gasteiger partial charge < -0.3 is 4.43 Å². The molecule has 0 saturated heterocycles. The minimum absolute atomic E-state index is 0.412. The van der Waals surface area contributed by atoms with E-state index in [0.29, 0.717) is 5.41 Å². The maximum Gasteiger partial charge on any atom is 0.191 e. The van der Waals surface area contributed by atoms with E-state index in [1.165, 1.54) is 24.6 Å². The van der Waals surface area contributed by atoms with Crippen LogP contribution in [0.3, 0.4) is 0 Å². The second kappa shape index (κ2) is 5.91. The normalized spacial score (nSPS) is 13.3. The first kappa shape index (κ1) is 14.2. The van der Waals surface area contributed by atoms with Gasteiger partial charge in [-0.3, -0.25) is 0 Å². The van der Waals surface area contributed by atoms with Crippen LogP contribution in [0.25, 0.3) is 0 Å². The molecule has 0 aromatic heterocycles. The van der Waals surface area contributed by atoms with Gasteiger partial charge >= 0.3 is 0 Å². The van der Waals surface area contributed by atoms with Crippen molar-refractivity contribution in [2.75, 3.05) is 6.61 Å². The van der Waals surface area contributed by atoms with Gasteiger partial charge in [-0.25, -0.2) is 0 Å². The van der Waals surface area contributed by atoms with Crippen LogP contribution in [0.2, 0.25) is 18.1 Å². The second-order valence-electron chi connectivity index (χ2n) is 5.40. The molecule has 0 N–H and O–H groups in total. The van der Waals surface area contributed by atoms with E-state index in [-0.39, 0.29) is 0 Å². The van der Waals surface area contributed by atoms with Crippen LogP contribution in [-0.2, 0) is 4.43 Å². The topological polar surface area (TPSA) is 9.23 Å². The number of rotatable bonds is 6. The van der Waals surface area contributed by atoms with Gasteiger partial charge in [0.25, 0.3) is 0 Å². The fourth-order valence-corrected chi connectivity index (χ4v) is 4.28. The van der Waals surface area contributed by atoms with Crippen LogP contribution >= 0.6 is 0 Å². The summed E-state index contributed by atoms with van der Waals surface area (Å²) in [6, 6.07) is 3.80. The molecular formula is C12H28OSi. The molecule has 2 heteroatoms. The highest BCUT2D eigenvalue weighted by Crippen LogP contribution is 2.24. The van der Waals surface area contributed by atoms with Crippen molar-refractivity contribution >= 4 is 8.32 Å². The first-order valence-electron chi connectivity index (χ1n) is 6.03. The average Bonchev–Trinajstić information content (AvgIpc) is 2.11. The zero-order chi connectivity index (χ0) is 11.2. The molecule has 0 saturated carbocycles. The molecule has 0 aromatic rings. The van der Waals surface area contributed by atoms with Crippen molar-refractivity contribution < 1.29 is 4.43 Å². The molecule has 0 heterocycles. The molecule has 0 unspecified atom stereocenters. The van der Waals surface area contributed by atoms with E-state index in [1.54, 1.807) is 0 Å². The third kappa shape index (κ3) is 5.16. The lowest BCUT2D eigenvalue weighted by Crippen LogP contribution is -2.36. The molecule has 14 heavy (non-hydrogen) atoms. The van der Waals surface area contributed by atoms with Crippen LogP contribution in [-0.4, -0.2) is 14.9 Å². The van der Waals surface area contributed by atoms with Gasteiger partial charge in [0, 0.05) is 6.61 Å². The molecule has 0 amide bonds. The largest absolute Gasteiger partial charge is 0.417 e. The van der Waals surface area contributed by atoms with Crippen molar-refractivity contribution in [3.63, 3.8) is 0 Å². The van der Waals surface area contributed by atoms with Gasteiger partial charge in [-0.1, -0.05) is 41.5 Å². The maximum absolute atomic E-state index is 6.19. The quantitative estimate of drug-likeness (QED) is 0.596. The Balaban J connectivity index is 3.95. The van der Waals surface area contributed by atoms with Crippen molar-refractivity contribution in [3.8, 4) is 0 Å². The lowest BCUT2D eigenvalue weighted by molar-refractivity contribution is 0.231. The van der Waals surface area contributed by atoms with Crippen molar-refractivity contribution in [1.29, 1.82) is 0 Å². The molecule has 0 aliphatic rings. The molecule has 1 nitrogen and oxygen atoms in total. The van der Waals surface area contributed by atoms with Gasteiger partial charge in [-0.2, -0.15) is 0 Å². The maximum atomic E-state index is 6.19. The van der Waals surface area contributed by atoms with E-state index in [4.69, 9.17) is 4.43 Å². The van der Waals surface area contributed by atoms with Gasteiger partial charge in [0.1, 0.15) is 0 Å². The van der Waals surface area contributed by atoms with Crippen molar-refractivity contribution in [2.45, 2.75) is 66.1 Å². The summed E-state index contributed by atoms with van der Waals surface area (Å²) >= 11 is 0. The Morgan fingerprint density at radius 2 is 1.36 bits per heavy atom. The summed E-state index contributed by atoms with van der Waals surface area (Å²) in [5.74, 6) is 0. The van der Waals surface area contributed by atoms with Crippen LogP contribution < -0.4 is 0 Å². The fourth-order valence-electron chi connectivity index (χ4n) is 1.63. The Labute approximate surface area is 91.4 Å². The first-order valence-corrected chi connectivity index (χ1v) is 8.56. The van der Waals surface area contributed by atoms with Gasteiger partial charge in [-0.05, 0) is 30.0 Å². The van der Waals surface area contributed by atoms with Crippen molar-refractivity contribution in [3.05, 3.63) is 0 Å². The highest BCUT2D eigenvalue weighted by molar-refractivity contribution is 6.73. The van der Waals surface area contributed by atoms with Crippen LogP contribution in [0.4, 0.5) is 0 Å². The van der Waals surface area contributed by atoms with Crippen LogP contribution in [0.1, 0.15) is 48.0 Å². The second-order valence-corrected chi connectivity index (χ2v) is 10.2. The summed E-state index contributed by atoms with van der Waals surface area (Å²) in [4.78, 5) is 0. The average molecular weight is 216 g/mol. The SMILES string of the molecule is CC[Si](CC)(CC)OCCC(C)(C)C. The summed E-state index contributed by atoms with van der Waals surface area (Å²) < 4.78 is 6.19. The smallest absolute Gasteiger partial charge is 0.191 e. The predicted molar refractivity (Wildman–Crippen MR) is 67.2 cm³/mol. The summed E-state index contributed by atoms with van der Waals surface area (Å²) in [6.45, 7) is 14.7. The highest BCUT2D eigenvalue weighted by atomic mass is 28.4. The van der Waals surface area contributed by atoms with Gasteiger partial charge in [-0.15, -0.1) is 0 Å². The highest BCUT2D eigenvalue weighted by Gasteiger charge is 2.28. The minimum Gasteiger partial charge on any atom is -0.417 e. The molecule has 0 rings (SSSR count). The molecule has 0 aliphatic carbocycles. The molecule has 0 fully saturated rings. The molecule has 0 atom stereocenters. The molecule has 0 spiro atoms. The summed E-state index contributed by atoms with van der Waals surface area (Å²) in [6.07, 6.45) is 1.18. The van der Waals surface area contributed by atoms with Gasteiger partial charge in [0.15, 0.2) is 8.32 Å². The Morgan fingerprint density at radius 1 is 0.929 bits per heavy atom. The molecule has 0 aromatic carbocycles. The van der Waals surface area contributed by atoms with E-state index < -0.39 is 8.32 Å². The lowest BCUT2D eigenvalue weighted by Gasteiger charge is -2.29. The Kier molecular flexibility index (Phi) is 5.99. The number of hydrogen-bond acceptors (Lipinski definition) is 1. The summed E-state index contributed by atoms with van der Waals surface area (Å²) in [5.41, 5.74) is 0.412. The van der Waals surface area contributed by atoms with Gasteiger partial charge in [0.2, 0.25) is 0 Å². The van der Waals surface area contributed by atoms with E-state index in [9.17, 15) is 0 Å². The lowest BCUT2D eigenvalue weighted by atomic mass is 9.93. The molecular weight excluding hydrogens is 188 g/mol.